The molecule has 1 aromatic heterocycles. The van der Waals surface area contributed by atoms with Crippen LogP contribution in [0.4, 0.5) is 5.69 Å². The Morgan fingerprint density at radius 1 is 1.17 bits per heavy atom. The van der Waals surface area contributed by atoms with Gasteiger partial charge in [-0.15, -0.1) is 0 Å². The fourth-order valence-corrected chi connectivity index (χ4v) is 4.46. The van der Waals surface area contributed by atoms with Crippen molar-refractivity contribution in [2.75, 3.05) is 12.4 Å². The molecular weight excluding hydrogens is 394 g/mol. The molecule has 0 amide bonds. The highest BCUT2D eigenvalue weighted by Crippen LogP contribution is 2.26. The number of anilines is 1. The highest BCUT2D eigenvalue weighted by molar-refractivity contribution is 7.80. The van der Waals surface area contributed by atoms with E-state index in [0.717, 1.165) is 40.7 Å². The van der Waals surface area contributed by atoms with Gasteiger partial charge < -0.3 is 19.9 Å². The first kappa shape index (κ1) is 20.4. The summed E-state index contributed by atoms with van der Waals surface area (Å²) in [5.74, 6) is 0.803. The minimum Gasteiger partial charge on any atom is -0.497 e. The SMILES string of the molecule is COc1ccc(NC(=S)N(Cc2cc3cc(C)ccc3[nH]c2=O)C2CCCC2)cc1. The predicted molar refractivity (Wildman–Crippen MR) is 126 cm³/mol. The summed E-state index contributed by atoms with van der Waals surface area (Å²) in [6.45, 7) is 2.55. The Hall–Kier alpha value is -2.86. The first-order valence-electron chi connectivity index (χ1n) is 10.4. The summed E-state index contributed by atoms with van der Waals surface area (Å²) < 4.78 is 5.23. The Labute approximate surface area is 182 Å². The molecule has 2 N–H and O–H groups in total. The fraction of sp³-hybridized carbons (Fsp3) is 0.333. The Bertz CT molecular complexity index is 1100. The van der Waals surface area contributed by atoms with Crippen molar-refractivity contribution >= 4 is 33.9 Å². The zero-order valence-electron chi connectivity index (χ0n) is 17.4. The quantitative estimate of drug-likeness (QED) is 0.569. The Morgan fingerprint density at radius 3 is 2.60 bits per heavy atom. The van der Waals surface area contributed by atoms with Gasteiger partial charge in [0.15, 0.2) is 5.11 Å². The number of hydrogen-bond acceptors (Lipinski definition) is 3. The van der Waals surface area contributed by atoms with Crippen LogP contribution in [0.5, 0.6) is 5.75 Å². The van der Waals surface area contributed by atoms with Gasteiger partial charge in [-0.3, -0.25) is 4.79 Å². The first-order chi connectivity index (χ1) is 14.5. The van der Waals surface area contributed by atoms with E-state index in [1.165, 1.54) is 18.4 Å². The minimum absolute atomic E-state index is 0.0541. The van der Waals surface area contributed by atoms with Crippen molar-refractivity contribution in [3.8, 4) is 5.75 Å². The van der Waals surface area contributed by atoms with E-state index in [2.05, 4.69) is 28.2 Å². The molecule has 0 bridgehead atoms. The Balaban J connectivity index is 1.60. The third kappa shape index (κ3) is 4.49. The van der Waals surface area contributed by atoms with Crippen molar-refractivity contribution in [2.24, 2.45) is 0 Å². The number of aromatic amines is 1. The van der Waals surface area contributed by atoms with Crippen molar-refractivity contribution in [3.63, 3.8) is 0 Å². The maximum Gasteiger partial charge on any atom is 0.253 e. The number of pyridine rings is 1. The molecule has 4 rings (SSSR count). The van der Waals surface area contributed by atoms with E-state index >= 15 is 0 Å². The fourth-order valence-electron chi connectivity index (χ4n) is 4.12. The lowest BCUT2D eigenvalue weighted by Crippen LogP contribution is -2.42. The Morgan fingerprint density at radius 2 is 1.90 bits per heavy atom. The van der Waals surface area contributed by atoms with Crippen LogP contribution in [-0.4, -0.2) is 28.1 Å². The third-order valence-electron chi connectivity index (χ3n) is 5.78. The van der Waals surface area contributed by atoms with Gasteiger partial charge in [0.2, 0.25) is 0 Å². The van der Waals surface area contributed by atoms with E-state index in [0.29, 0.717) is 17.7 Å². The number of nitrogens with zero attached hydrogens (tertiary/aromatic N) is 1. The summed E-state index contributed by atoms with van der Waals surface area (Å²) in [5, 5.41) is 5.04. The van der Waals surface area contributed by atoms with Crippen molar-refractivity contribution in [1.29, 1.82) is 0 Å². The van der Waals surface area contributed by atoms with Gasteiger partial charge >= 0.3 is 0 Å². The lowest BCUT2D eigenvalue weighted by atomic mass is 10.1. The maximum absolute atomic E-state index is 12.8. The molecule has 5 nitrogen and oxygen atoms in total. The van der Waals surface area contributed by atoms with Crippen LogP contribution in [0, 0.1) is 6.92 Å². The summed E-state index contributed by atoms with van der Waals surface area (Å²) in [6.07, 6.45) is 4.57. The van der Waals surface area contributed by atoms with Crippen LogP contribution in [0.3, 0.4) is 0 Å². The van der Waals surface area contributed by atoms with E-state index in [1.807, 2.05) is 42.5 Å². The molecule has 30 heavy (non-hydrogen) atoms. The molecule has 1 saturated carbocycles. The van der Waals surface area contributed by atoms with Crippen molar-refractivity contribution in [3.05, 3.63) is 70.0 Å². The summed E-state index contributed by atoms with van der Waals surface area (Å²) in [5.41, 5.74) is 3.62. The first-order valence-corrected chi connectivity index (χ1v) is 10.8. The van der Waals surface area contributed by atoms with Gasteiger partial charge in [-0.25, -0.2) is 0 Å². The number of benzene rings is 2. The molecule has 0 radical (unpaired) electrons. The van der Waals surface area contributed by atoms with Gasteiger partial charge in [-0.2, -0.15) is 0 Å². The maximum atomic E-state index is 12.8. The van der Waals surface area contributed by atoms with E-state index in [1.54, 1.807) is 7.11 Å². The number of thiocarbonyl (C=S) groups is 1. The van der Waals surface area contributed by atoms with E-state index in [4.69, 9.17) is 17.0 Å². The molecule has 1 heterocycles. The smallest absolute Gasteiger partial charge is 0.253 e. The molecule has 1 aliphatic carbocycles. The topological polar surface area (TPSA) is 57.4 Å². The molecule has 6 heteroatoms. The molecule has 2 aromatic carbocycles. The minimum atomic E-state index is -0.0541. The second-order valence-corrected chi connectivity index (χ2v) is 8.33. The third-order valence-corrected chi connectivity index (χ3v) is 6.12. The van der Waals surface area contributed by atoms with Crippen LogP contribution in [0.25, 0.3) is 10.9 Å². The molecule has 1 fully saturated rings. The van der Waals surface area contributed by atoms with Crippen molar-refractivity contribution in [1.82, 2.24) is 9.88 Å². The molecule has 0 spiro atoms. The number of aryl methyl sites for hydroxylation is 1. The number of H-pyrrole nitrogens is 1. The van der Waals surface area contributed by atoms with E-state index < -0.39 is 0 Å². The van der Waals surface area contributed by atoms with Crippen LogP contribution < -0.4 is 15.6 Å². The zero-order chi connectivity index (χ0) is 21.1. The van der Waals surface area contributed by atoms with Crippen LogP contribution in [0.15, 0.2) is 53.3 Å². The Kier molecular flexibility index (Phi) is 6.04. The highest BCUT2D eigenvalue weighted by Gasteiger charge is 2.25. The summed E-state index contributed by atoms with van der Waals surface area (Å²) in [4.78, 5) is 18.0. The molecule has 1 aliphatic rings. The number of fused-ring (bicyclic) bond motifs is 1. The number of aromatic nitrogens is 1. The number of hydrogen-bond donors (Lipinski definition) is 2. The lowest BCUT2D eigenvalue weighted by molar-refractivity contribution is 0.311. The van der Waals surface area contributed by atoms with Crippen LogP contribution in [0.1, 0.15) is 36.8 Å². The monoisotopic (exact) mass is 421 g/mol. The molecule has 0 aliphatic heterocycles. The van der Waals surface area contributed by atoms with Crippen molar-refractivity contribution in [2.45, 2.75) is 45.2 Å². The molecule has 3 aromatic rings. The van der Waals surface area contributed by atoms with E-state index in [-0.39, 0.29) is 5.56 Å². The number of methoxy groups -OCH3 is 1. The number of nitrogens with one attached hydrogen (secondary N) is 2. The second-order valence-electron chi connectivity index (χ2n) is 7.94. The molecule has 0 unspecified atom stereocenters. The summed E-state index contributed by atoms with van der Waals surface area (Å²) in [6, 6.07) is 16.1. The molecule has 0 saturated heterocycles. The molecule has 156 valence electrons. The lowest BCUT2D eigenvalue weighted by Gasteiger charge is -2.31. The normalized spacial score (nSPS) is 14.1. The van der Waals surface area contributed by atoms with Crippen LogP contribution in [0.2, 0.25) is 0 Å². The van der Waals surface area contributed by atoms with Gasteiger partial charge in [0.25, 0.3) is 5.56 Å². The summed E-state index contributed by atoms with van der Waals surface area (Å²) in [7, 11) is 1.65. The van der Waals surface area contributed by atoms with Gasteiger partial charge in [0.05, 0.1) is 13.7 Å². The molecular formula is C24H27N3O2S. The zero-order valence-corrected chi connectivity index (χ0v) is 18.2. The average molecular weight is 422 g/mol. The van der Waals surface area contributed by atoms with Gasteiger partial charge in [0, 0.05) is 22.8 Å². The largest absolute Gasteiger partial charge is 0.497 e. The average Bonchev–Trinajstić information content (AvgIpc) is 3.27. The van der Waals surface area contributed by atoms with Gasteiger partial charge in [0.1, 0.15) is 5.75 Å². The van der Waals surface area contributed by atoms with Gasteiger partial charge in [-0.1, -0.05) is 24.5 Å². The highest BCUT2D eigenvalue weighted by atomic mass is 32.1. The van der Waals surface area contributed by atoms with E-state index in [9.17, 15) is 4.79 Å². The second kappa shape index (κ2) is 8.88. The van der Waals surface area contributed by atoms with Crippen LogP contribution >= 0.6 is 12.2 Å². The van der Waals surface area contributed by atoms with Crippen molar-refractivity contribution < 1.29 is 4.74 Å². The number of rotatable bonds is 5. The standard InChI is InChI=1S/C24H27N3O2S/c1-16-7-12-22-17(13-16)14-18(23(28)26-22)15-27(20-5-3-4-6-20)24(30)25-19-8-10-21(29-2)11-9-19/h7-14,20H,3-6,15H2,1-2H3,(H,25,30)(H,26,28). The predicted octanol–water partition coefficient (Wildman–Crippen LogP) is 4.99. The van der Waals surface area contributed by atoms with Gasteiger partial charge in [-0.05, 0) is 79.8 Å². The number of ether oxygens (including phenoxy) is 1. The summed E-state index contributed by atoms with van der Waals surface area (Å²) >= 11 is 5.79. The molecule has 0 atom stereocenters. The van der Waals surface area contributed by atoms with Crippen LogP contribution in [-0.2, 0) is 6.54 Å².